The molecular weight excluding hydrogens is 505 g/mol. The number of hydrogen-bond donors (Lipinski definition) is 5. The average Bonchev–Trinajstić information content (AvgIpc) is 3.20. The van der Waals surface area contributed by atoms with Gasteiger partial charge in [-0.05, 0) is 56.0 Å². The zero-order valence-corrected chi connectivity index (χ0v) is 22.6. The molecule has 9 heteroatoms. The second-order valence-corrected chi connectivity index (χ2v) is 11.1. The Balaban J connectivity index is 1.40. The average molecular weight is 547 g/mol. The summed E-state index contributed by atoms with van der Waals surface area (Å²) in [4.78, 5) is 10.8. The van der Waals surface area contributed by atoms with Gasteiger partial charge >= 0.3 is 12.1 Å². The van der Waals surface area contributed by atoms with Crippen LogP contribution < -0.4 is 21.3 Å². The third-order valence-corrected chi connectivity index (χ3v) is 8.14. The van der Waals surface area contributed by atoms with Gasteiger partial charge in [0.05, 0.1) is 6.42 Å². The fourth-order valence-electron chi connectivity index (χ4n) is 5.82. The first-order valence-electron chi connectivity index (χ1n) is 14.1. The number of aryl methyl sites for hydroxylation is 1. The van der Waals surface area contributed by atoms with Gasteiger partial charge in [0.2, 0.25) is 0 Å². The Morgan fingerprint density at radius 3 is 2.18 bits per heavy atom. The number of alkyl halides is 3. The van der Waals surface area contributed by atoms with Gasteiger partial charge in [-0.2, -0.15) is 13.2 Å². The SMILES string of the molecule is Cc1ccc(C2CNC(Nc3ccc(CCNC(CC(=O)O)C(F)(F)F)cc3)(C3CCCCCC3)NC2)cc1. The van der Waals surface area contributed by atoms with E-state index in [2.05, 4.69) is 52.5 Å². The molecule has 0 aromatic heterocycles. The Hall–Kier alpha value is -2.62. The van der Waals surface area contributed by atoms with Crippen LogP contribution in [0.1, 0.15) is 67.6 Å². The minimum absolute atomic E-state index is 0.0414. The fourth-order valence-corrected chi connectivity index (χ4v) is 5.82. The quantitative estimate of drug-likeness (QED) is 0.252. The topological polar surface area (TPSA) is 85.4 Å². The number of aliphatic carboxylic acids is 1. The summed E-state index contributed by atoms with van der Waals surface area (Å²) in [5, 5.41) is 22.6. The van der Waals surface area contributed by atoms with E-state index in [1.54, 1.807) is 0 Å². The highest BCUT2D eigenvalue weighted by Gasteiger charge is 2.42. The van der Waals surface area contributed by atoms with E-state index in [0.29, 0.717) is 18.3 Å². The van der Waals surface area contributed by atoms with Crippen molar-refractivity contribution in [1.82, 2.24) is 16.0 Å². The Morgan fingerprint density at radius 1 is 1.00 bits per heavy atom. The van der Waals surface area contributed by atoms with Gasteiger partial charge in [-0.25, -0.2) is 0 Å². The van der Waals surface area contributed by atoms with E-state index in [1.165, 1.54) is 36.8 Å². The normalized spacial score (nSPS) is 23.6. The van der Waals surface area contributed by atoms with Gasteiger partial charge in [-0.3, -0.25) is 15.4 Å². The standard InChI is InChI=1S/C30H41F3N4O2/c1-21-8-12-23(13-9-21)24-19-35-30(36-20-24,25-6-4-2-3-5-7-25)37-26-14-10-22(11-15-26)16-17-34-27(18-28(38)39)29(31,32)33/h8-15,24-25,27,34-37H,2-7,16-20H2,1H3,(H,38,39). The van der Waals surface area contributed by atoms with Crippen molar-refractivity contribution in [2.24, 2.45) is 5.92 Å². The Kier molecular flexibility index (Phi) is 9.91. The second-order valence-electron chi connectivity index (χ2n) is 11.1. The minimum atomic E-state index is -4.60. The van der Waals surface area contributed by atoms with E-state index in [0.717, 1.165) is 37.2 Å². The molecule has 1 heterocycles. The first-order chi connectivity index (χ1) is 18.6. The van der Waals surface area contributed by atoms with Crippen LogP contribution >= 0.6 is 0 Å². The lowest BCUT2D eigenvalue weighted by atomic mass is 9.87. The molecule has 2 aromatic carbocycles. The summed E-state index contributed by atoms with van der Waals surface area (Å²) in [6, 6.07) is 14.5. The maximum atomic E-state index is 13.1. The number of carboxylic acids is 1. The Morgan fingerprint density at radius 2 is 1.62 bits per heavy atom. The number of benzene rings is 2. The van der Waals surface area contributed by atoms with Gasteiger partial charge in [-0.15, -0.1) is 0 Å². The molecule has 1 saturated heterocycles. The molecule has 0 spiro atoms. The summed E-state index contributed by atoms with van der Waals surface area (Å²) in [6.45, 7) is 3.86. The molecule has 0 bridgehead atoms. The van der Waals surface area contributed by atoms with Crippen molar-refractivity contribution in [3.63, 3.8) is 0 Å². The van der Waals surface area contributed by atoms with Gasteiger partial charge in [0.25, 0.3) is 0 Å². The van der Waals surface area contributed by atoms with Crippen LogP contribution in [-0.2, 0) is 11.2 Å². The van der Waals surface area contributed by atoms with Crippen LogP contribution in [0.25, 0.3) is 0 Å². The van der Waals surface area contributed by atoms with Crippen LogP contribution in [0.5, 0.6) is 0 Å². The molecule has 1 aliphatic heterocycles. The van der Waals surface area contributed by atoms with Crippen molar-refractivity contribution < 1.29 is 23.1 Å². The predicted molar refractivity (Wildman–Crippen MR) is 148 cm³/mol. The van der Waals surface area contributed by atoms with Gasteiger partial charge in [0.15, 0.2) is 0 Å². The highest BCUT2D eigenvalue weighted by Crippen LogP contribution is 2.34. The van der Waals surface area contributed by atoms with Crippen LogP contribution in [0, 0.1) is 12.8 Å². The number of nitrogens with one attached hydrogen (secondary N) is 4. The summed E-state index contributed by atoms with van der Waals surface area (Å²) < 4.78 is 39.3. The van der Waals surface area contributed by atoms with Gasteiger partial charge < -0.3 is 15.7 Å². The van der Waals surface area contributed by atoms with Crippen LogP contribution in [-0.4, -0.2) is 48.7 Å². The first-order valence-corrected chi connectivity index (χ1v) is 14.1. The van der Waals surface area contributed by atoms with Crippen molar-refractivity contribution in [2.75, 3.05) is 25.0 Å². The molecule has 0 amide bonds. The number of anilines is 1. The summed E-state index contributed by atoms with van der Waals surface area (Å²) >= 11 is 0. The van der Waals surface area contributed by atoms with E-state index in [9.17, 15) is 18.0 Å². The van der Waals surface area contributed by atoms with Gasteiger partial charge in [0.1, 0.15) is 11.8 Å². The maximum Gasteiger partial charge on any atom is 0.404 e. The van der Waals surface area contributed by atoms with E-state index in [4.69, 9.17) is 5.11 Å². The lowest BCUT2D eigenvalue weighted by Gasteiger charge is -2.48. The Bertz CT molecular complexity index is 1040. The largest absolute Gasteiger partial charge is 0.481 e. The minimum Gasteiger partial charge on any atom is -0.481 e. The molecule has 1 atom stereocenters. The molecule has 2 fully saturated rings. The van der Waals surface area contributed by atoms with Crippen molar-refractivity contribution >= 4 is 11.7 Å². The van der Waals surface area contributed by atoms with E-state index in [1.807, 2.05) is 24.3 Å². The van der Waals surface area contributed by atoms with E-state index in [-0.39, 0.29) is 6.54 Å². The molecule has 1 unspecified atom stereocenters. The number of rotatable bonds is 10. The van der Waals surface area contributed by atoms with Crippen molar-refractivity contribution in [2.45, 2.75) is 82.2 Å². The first kappa shape index (κ1) is 29.4. The smallest absolute Gasteiger partial charge is 0.404 e. The van der Waals surface area contributed by atoms with Crippen LogP contribution in [0.4, 0.5) is 18.9 Å². The molecule has 39 heavy (non-hydrogen) atoms. The number of halogens is 3. The summed E-state index contributed by atoms with van der Waals surface area (Å²) in [5.41, 5.74) is 4.41. The summed E-state index contributed by atoms with van der Waals surface area (Å²) in [5.74, 6) is -1.09. The number of hydrogen-bond acceptors (Lipinski definition) is 5. The molecule has 4 rings (SSSR count). The molecule has 2 aliphatic rings. The second kappa shape index (κ2) is 13.2. The number of carboxylic acid groups (broad SMARTS) is 1. The van der Waals surface area contributed by atoms with Crippen LogP contribution in [0.3, 0.4) is 0 Å². The molecule has 5 N–H and O–H groups in total. The van der Waals surface area contributed by atoms with Crippen molar-refractivity contribution in [3.05, 3.63) is 65.2 Å². The summed E-state index contributed by atoms with van der Waals surface area (Å²) in [6.07, 6.45) is 2.03. The molecule has 214 valence electrons. The molecule has 1 saturated carbocycles. The molecule has 0 radical (unpaired) electrons. The highest BCUT2D eigenvalue weighted by atomic mass is 19.4. The Labute approximate surface area is 229 Å². The van der Waals surface area contributed by atoms with E-state index < -0.39 is 30.4 Å². The maximum absolute atomic E-state index is 13.1. The molecular formula is C30H41F3N4O2. The lowest BCUT2D eigenvalue weighted by molar-refractivity contribution is -0.167. The van der Waals surface area contributed by atoms with Gasteiger partial charge in [-0.1, -0.05) is 67.6 Å². The number of carbonyl (C=O) groups is 1. The van der Waals surface area contributed by atoms with Gasteiger partial charge in [0, 0.05) is 30.6 Å². The predicted octanol–water partition coefficient (Wildman–Crippen LogP) is 5.55. The third-order valence-electron chi connectivity index (χ3n) is 8.14. The highest BCUT2D eigenvalue weighted by molar-refractivity contribution is 5.67. The van der Waals surface area contributed by atoms with Crippen LogP contribution in [0.15, 0.2) is 48.5 Å². The van der Waals surface area contributed by atoms with Crippen molar-refractivity contribution in [3.8, 4) is 0 Å². The third kappa shape index (κ3) is 8.19. The van der Waals surface area contributed by atoms with E-state index >= 15 is 0 Å². The zero-order chi connectivity index (χ0) is 27.9. The fraction of sp³-hybridized carbons (Fsp3) is 0.567. The molecule has 6 nitrogen and oxygen atoms in total. The molecule has 2 aromatic rings. The monoisotopic (exact) mass is 546 g/mol. The molecule has 1 aliphatic carbocycles. The zero-order valence-electron chi connectivity index (χ0n) is 22.6. The lowest BCUT2D eigenvalue weighted by Crippen LogP contribution is -2.71. The van der Waals surface area contributed by atoms with Crippen LogP contribution in [0.2, 0.25) is 0 Å². The summed E-state index contributed by atoms with van der Waals surface area (Å²) in [7, 11) is 0. The van der Waals surface area contributed by atoms with Crippen molar-refractivity contribution in [1.29, 1.82) is 0 Å².